The predicted molar refractivity (Wildman–Crippen MR) is 78.9 cm³/mol. The van der Waals surface area contributed by atoms with Crippen molar-refractivity contribution in [1.29, 1.82) is 0 Å². The Hall–Kier alpha value is -0.0800. The predicted octanol–water partition coefficient (Wildman–Crippen LogP) is 4.34. The fraction of sp³-hybridized carbons (Fsp3) is 1.00. The first-order chi connectivity index (χ1) is 8.94. The van der Waals surface area contributed by atoms with Crippen molar-refractivity contribution in [3.8, 4) is 0 Å². The molecule has 0 aromatic rings. The van der Waals surface area contributed by atoms with Gasteiger partial charge in [-0.3, -0.25) is 0 Å². The van der Waals surface area contributed by atoms with Crippen molar-refractivity contribution in [2.75, 3.05) is 20.0 Å². The summed E-state index contributed by atoms with van der Waals surface area (Å²) in [5, 5.41) is 0. The van der Waals surface area contributed by atoms with E-state index in [-0.39, 0.29) is 5.41 Å². The summed E-state index contributed by atoms with van der Waals surface area (Å²) >= 11 is 0. The van der Waals surface area contributed by atoms with Crippen LogP contribution in [0.15, 0.2) is 0 Å². The highest BCUT2D eigenvalue weighted by molar-refractivity contribution is 4.97. The Morgan fingerprint density at radius 3 is 2.37 bits per heavy atom. The minimum Gasteiger partial charge on any atom is -0.355 e. The lowest BCUT2D eigenvalue weighted by Gasteiger charge is -2.31. The molecule has 2 bridgehead atoms. The summed E-state index contributed by atoms with van der Waals surface area (Å²) in [7, 11) is 0. The number of rotatable bonds is 7. The van der Waals surface area contributed by atoms with Crippen molar-refractivity contribution in [2.24, 2.45) is 35.0 Å². The van der Waals surface area contributed by atoms with E-state index in [1.807, 2.05) is 0 Å². The molecule has 0 heterocycles. The molecule has 2 aliphatic rings. The summed E-state index contributed by atoms with van der Waals surface area (Å²) in [5.74, 6) is 4.50. The van der Waals surface area contributed by atoms with Crippen LogP contribution in [0.1, 0.15) is 53.9 Å². The Kier molecular flexibility index (Phi) is 4.94. The fourth-order valence-corrected chi connectivity index (χ4v) is 3.96. The summed E-state index contributed by atoms with van der Waals surface area (Å²) in [6.45, 7) is 13.7. The third-order valence-electron chi connectivity index (χ3n) is 5.98. The second-order valence-corrected chi connectivity index (χ2v) is 7.73. The van der Waals surface area contributed by atoms with E-state index < -0.39 is 0 Å². The van der Waals surface area contributed by atoms with Crippen molar-refractivity contribution in [3.63, 3.8) is 0 Å². The molecule has 0 N–H and O–H groups in total. The standard InChI is InChI=1S/C17H32O2/c1-6-17(4,5)10-19-11-18-9-15-7-14-8-16(15)13(3)12(14)2/h12-16H,6-11H2,1-5H3. The van der Waals surface area contributed by atoms with E-state index in [0.29, 0.717) is 6.79 Å². The molecule has 0 aromatic carbocycles. The van der Waals surface area contributed by atoms with Crippen LogP contribution < -0.4 is 0 Å². The van der Waals surface area contributed by atoms with Crippen molar-refractivity contribution < 1.29 is 9.47 Å². The van der Waals surface area contributed by atoms with Gasteiger partial charge in [-0.2, -0.15) is 0 Å². The van der Waals surface area contributed by atoms with E-state index >= 15 is 0 Å². The van der Waals surface area contributed by atoms with Gasteiger partial charge in [-0.05, 0) is 54.3 Å². The van der Waals surface area contributed by atoms with Crippen LogP contribution in [0.3, 0.4) is 0 Å². The average molecular weight is 268 g/mol. The zero-order valence-corrected chi connectivity index (χ0v) is 13.4. The Morgan fingerprint density at radius 1 is 1.05 bits per heavy atom. The zero-order chi connectivity index (χ0) is 14.0. The lowest BCUT2D eigenvalue weighted by molar-refractivity contribution is -0.0919. The quantitative estimate of drug-likeness (QED) is 0.505. The number of ether oxygens (including phenoxy) is 2. The van der Waals surface area contributed by atoms with E-state index in [4.69, 9.17) is 9.47 Å². The van der Waals surface area contributed by atoms with Crippen LogP contribution in [-0.2, 0) is 9.47 Å². The lowest BCUT2D eigenvalue weighted by Crippen LogP contribution is -2.28. The smallest absolute Gasteiger partial charge is 0.146 e. The SMILES string of the molecule is CCC(C)(C)COCOCC1CC2CC1C(C)C2C. The van der Waals surface area contributed by atoms with Gasteiger partial charge in [-0.1, -0.05) is 34.6 Å². The number of hydrogen-bond donors (Lipinski definition) is 0. The van der Waals surface area contributed by atoms with Gasteiger partial charge in [0.25, 0.3) is 0 Å². The van der Waals surface area contributed by atoms with Gasteiger partial charge in [0.1, 0.15) is 6.79 Å². The summed E-state index contributed by atoms with van der Waals surface area (Å²) in [6, 6.07) is 0. The van der Waals surface area contributed by atoms with Crippen LogP contribution in [0.5, 0.6) is 0 Å². The van der Waals surface area contributed by atoms with Gasteiger partial charge in [0.05, 0.1) is 13.2 Å². The second-order valence-electron chi connectivity index (χ2n) is 7.73. The van der Waals surface area contributed by atoms with Crippen LogP contribution in [0.2, 0.25) is 0 Å². The van der Waals surface area contributed by atoms with Crippen LogP contribution in [0.4, 0.5) is 0 Å². The molecule has 0 spiro atoms. The van der Waals surface area contributed by atoms with Crippen LogP contribution in [-0.4, -0.2) is 20.0 Å². The summed E-state index contributed by atoms with van der Waals surface area (Å²) < 4.78 is 11.4. The van der Waals surface area contributed by atoms with Crippen molar-refractivity contribution in [3.05, 3.63) is 0 Å². The molecule has 2 aliphatic carbocycles. The highest BCUT2D eigenvalue weighted by Gasteiger charge is 2.48. The van der Waals surface area contributed by atoms with Gasteiger partial charge in [0, 0.05) is 0 Å². The van der Waals surface area contributed by atoms with Gasteiger partial charge in [-0.25, -0.2) is 0 Å². The lowest BCUT2D eigenvalue weighted by atomic mass is 9.76. The van der Waals surface area contributed by atoms with E-state index in [1.54, 1.807) is 0 Å². The van der Waals surface area contributed by atoms with E-state index in [1.165, 1.54) is 12.8 Å². The monoisotopic (exact) mass is 268 g/mol. The minimum atomic E-state index is 0.278. The Morgan fingerprint density at radius 2 is 1.79 bits per heavy atom. The molecule has 5 unspecified atom stereocenters. The number of fused-ring (bicyclic) bond motifs is 2. The first kappa shape index (κ1) is 15.3. The minimum absolute atomic E-state index is 0.278. The number of hydrogen-bond acceptors (Lipinski definition) is 2. The summed E-state index contributed by atoms with van der Waals surface area (Å²) in [4.78, 5) is 0. The first-order valence-corrected chi connectivity index (χ1v) is 8.10. The maximum atomic E-state index is 5.77. The second kappa shape index (κ2) is 6.13. The molecule has 19 heavy (non-hydrogen) atoms. The van der Waals surface area contributed by atoms with Gasteiger partial charge in [0.2, 0.25) is 0 Å². The Labute approximate surface area is 119 Å². The van der Waals surface area contributed by atoms with Crippen molar-refractivity contribution >= 4 is 0 Å². The van der Waals surface area contributed by atoms with E-state index in [0.717, 1.165) is 49.2 Å². The molecule has 0 aromatic heterocycles. The van der Waals surface area contributed by atoms with Crippen molar-refractivity contribution in [1.82, 2.24) is 0 Å². The Balaban J connectivity index is 1.60. The van der Waals surface area contributed by atoms with Gasteiger partial charge < -0.3 is 9.47 Å². The molecule has 112 valence electrons. The fourth-order valence-electron chi connectivity index (χ4n) is 3.96. The normalized spacial score (nSPS) is 38.1. The molecule has 2 nitrogen and oxygen atoms in total. The maximum absolute atomic E-state index is 5.77. The van der Waals surface area contributed by atoms with E-state index in [2.05, 4.69) is 34.6 Å². The van der Waals surface area contributed by atoms with Crippen LogP contribution in [0, 0.1) is 35.0 Å². The molecule has 5 atom stereocenters. The molecule has 0 radical (unpaired) electrons. The zero-order valence-electron chi connectivity index (χ0n) is 13.4. The van der Waals surface area contributed by atoms with Gasteiger partial charge in [0.15, 0.2) is 0 Å². The highest BCUT2D eigenvalue weighted by Crippen LogP contribution is 2.54. The van der Waals surface area contributed by atoms with Crippen molar-refractivity contribution in [2.45, 2.75) is 53.9 Å². The van der Waals surface area contributed by atoms with Gasteiger partial charge >= 0.3 is 0 Å². The molecule has 2 heteroatoms. The molecule has 2 fully saturated rings. The van der Waals surface area contributed by atoms with Gasteiger partial charge in [-0.15, -0.1) is 0 Å². The maximum Gasteiger partial charge on any atom is 0.146 e. The van der Waals surface area contributed by atoms with Crippen LogP contribution in [0.25, 0.3) is 0 Å². The third kappa shape index (κ3) is 3.52. The molecular weight excluding hydrogens is 236 g/mol. The molecule has 2 saturated carbocycles. The molecule has 2 rings (SSSR count). The topological polar surface area (TPSA) is 18.5 Å². The van der Waals surface area contributed by atoms with E-state index in [9.17, 15) is 0 Å². The molecule has 0 aliphatic heterocycles. The largest absolute Gasteiger partial charge is 0.355 e. The Bertz CT molecular complexity index is 285. The first-order valence-electron chi connectivity index (χ1n) is 8.10. The third-order valence-corrected chi connectivity index (χ3v) is 5.98. The average Bonchev–Trinajstić information content (AvgIpc) is 2.90. The summed E-state index contributed by atoms with van der Waals surface area (Å²) in [5.41, 5.74) is 0.278. The van der Waals surface area contributed by atoms with Crippen LogP contribution >= 0.6 is 0 Å². The molecule has 0 amide bonds. The molecular formula is C17H32O2. The molecule has 0 saturated heterocycles. The summed E-state index contributed by atoms with van der Waals surface area (Å²) in [6.07, 6.45) is 3.98. The highest BCUT2D eigenvalue weighted by atomic mass is 16.7.